The summed E-state index contributed by atoms with van der Waals surface area (Å²) >= 11 is 0. The summed E-state index contributed by atoms with van der Waals surface area (Å²) in [5.41, 5.74) is 12.4. The van der Waals surface area contributed by atoms with Crippen molar-refractivity contribution in [2.45, 2.75) is 19.3 Å². The fraction of sp³-hybridized carbons (Fsp3) is 0.400. The molecule has 0 fully saturated rings. The third kappa shape index (κ3) is 3.14. The third-order valence-corrected chi connectivity index (χ3v) is 1.99. The Bertz CT molecular complexity index is 312. The maximum Gasteiger partial charge on any atom is 0.137 e. The highest BCUT2D eigenvalue weighted by Gasteiger charge is 2.05. The van der Waals surface area contributed by atoms with Crippen LogP contribution >= 0.6 is 0 Å². The molecule has 14 heavy (non-hydrogen) atoms. The zero-order valence-corrected chi connectivity index (χ0v) is 8.07. The second-order valence-corrected chi connectivity index (χ2v) is 3.18. The molecular weight excluding hydrogens is 178 g/mol. The molecule has 0 aliphatic carbocycles. The Morgan fingerprint density at radius 2 is 2.29 bits per heavy atom. The summed E-state index contributed by atoms with van der Waals surface area (Å²) in [5.74, 6) is 0.162. The molecule has 1 aromatic rings. The molecule has 0 spiro atoms. The van der Waals surface area contributed by atoms with E-state index < -0.39 is 0 Å². The lowest BCUT2D eigenvalue weighted by Crippen LogP contribution is -2.08. The number of nitrogens with zero attached hydrogens (tertiary/aromatic N) is 1. The first-order valence-electron chi connectivity index (χ1n) is 4.64. The topological polar surface area (TPSA) is 82.0 Å². The molecule has 1 aromatic heterocycles. The predicted octanol–water partition coefficient (Wildman–Crippen LogP) is 0.514. The van der Waals surface area contributed by atoms with E-state index in [2.05, 4.69) is 4.98 Å². The largest absolute Gasteiger partial charge is 0.398 e. The molecule has 0 aliphatic rings. The number of carbonyl (C=O) groups is 1. The number of pyridine rings is 1. The number of nitrogen functional groups attached to an aromatic ring is 1. The standard InChI is InChI=1S/C10H15N3O/c11-4-1-2-9(14)6-8-7-13-5-3-10(8)12/h3,5,7H,1-2,4,6,11H2,(H2,12,13). The van der Waals surface area contributed by atoms with Crippen LogP contribution in [-0.2, 0) is 11.2 Å². The van der Waals surface area contributed by atoms with Crippen LogP contribution in [0.1, 0.15) is 18.4 Å². The van der Waals surface area contributed by atoms with Gasteiger partial charge in [0.05, 0.1) is 0 Å². The van der Waals surface area contributed by atoms with Crippen LogP contribution in [0.15, 0.2) is 18.5 Å². The fourth-order valence-electron chi connectivity index (χ4n) is 1.19. The van der Waals surface area contributed by atoms with Crippen LogP contribution < -0.4 is 11.5 Å². The lowest BCUT2D eigenvalue weighted by atomic mass is 10.1. The van der Waals surface area contributed by atoms with Crippen LogP contribution in [0.25, 0.3) is 0 Å². The molecule has 0 saturated carbocycles. The first-order chi connectivity index (χ1) is 6.74. The first kappa shape index (κ1) is 10.7. The lowest BCUT2D eigenvalue weighted by molar-refractivity contribution is -0.118. The molecule has 76 valence electrons. The van der Waals surface area contributed by atoms with E-state index in [-0.39, 0.29) is 5.78 Å². The summed E-state index contributed by atoms with van der Waals surface area (Å²) in [4.78, 5) is 15.3. The maximum absolute atomic E-state index is 11.4. The number of carbonyl (C=O) groups excluding carboxylic acids is 1. The monoisotopic (exact) mass is 193 g/mol. The van der Waals surface area contributed by atoms with Gasteiger partial charge in [0, 0.05) is 36.5 Å². The van der Waals surface area contributed by atoms with Gasteiger partial charge in [-0.1, -0.05) is 0 Å². The molecule has 0 radical (unpaired) electrons. The fourth-order valence-corrected chi connectivity index (χ4v) is 1.19. The van der Waals surface area contributed by atoms with Crippen molar-refractivity contribution in [3.05, 3.63) is 24.0 Å². The van der Waals surface area contributed by atoms with Crippen molar-refractivity contribution in [2.24, 2.45) is 5.73 Å². The molecule has 1 heterocycles. The van der Waals surface area contributed by atoms with Gasteiger partial charge in [-0.25, -0.2) is 0 Å². The molecule has 4 N–H and O–H groups in total. The molecule has 0 atom stereocenters. The molecule has 0 amide bonds. The molecular formula is C10H15N3O. The molecule has 4 nitrogen and oxygen atoms in total. The third-order valence-electron chi connectivity index (χ3n) is 1.99. The number of ketones is 1. The summed E-state index contributed by atoms with van der Waals surface area (Å²) < 4.78 is 0. The maximum atomic E-state index is 11.4. The van der Waals surface area contributed by atoms with Crippen molar-refractivity contribution in [1.82, 2.24) is 4.98 Å². The number of hydrogen-bond acceptors (Lipinski definition) is 4. The smallest absolute Gasteiger partial charge is 0.137 e. The Kier molecular flexibility index (Phi) is 4.07. The molecule has 4 heteroatoms. The molecule has 0 saturated heterocycles. The minimum absolute atomic E-state index is 0.162. The van der Waals surface area contributed by atoms with Gasteiger partial charge < -0.3 is 11.5 Å². The highest BCUT2D eigenvalue weighted by Crippen LogP contribution is 2.10. The number of aromatic nitrogens is 1. The van der Waals surface area contributed by atoms with Gasteiger partial charge in [-0.2, -0.15) is 0 Å². The van der Waals surface area contributed by atoms with E-state index in [1.165, 1.54) is 0 Å². The zero-order chi connectivity index (χ0) is 10.4. The number of Topliss-reactive ketones (excluding diaryl/α,β-unsaturated/α-hetero) is 1. The highest BCUT2D eigenvalue weighted by molar-refractivity contribution is 5.82. The Labute approximate surface area is 83.3 Å². The lowest BCUT2D eigenvalue weighted by Gasteiger charge is -2.03. The zero-order valence-electron chi connectivity index (χ0n) is 8.07. The summed E-state index contributed by atoms with van der Waals surface area (Å²) in [7, 11) is 0. The molecule has 0 unspecified atom stereocenters. The normalized spacial score (nSPS) is 10.1. The second-order valence-electron chi connectivity index (χ2n) is 3.18. The number of anilines is 1. The van der Waals surface area contributed by atoms with E-state index in [0.717, 1.165) is 12.0 Å². The van der Waals surface area contributed by atoms with Gasteiger partial charge in [-0.05, 0) is 19.0 Å². The van der Waals surface area contributed by atoms with Crippen molar-refractivity contribution >= 4 is 11.5 Å². The molecule has 0 aliphatic heterocycles. The molecule has 0 aromatic carbocycles. The number of rotatable bonds is 5. The van der Waals surface area contributed by atoms with E-state index in [1.54, 1.807) is 18.5 Å². The van der Waals surface area contributed by atoms with Crippen LogP contribution in [-0.4, -0.2) is 17.3 Å². The Morgan fingerprint density at radius 1 is 1.50 bits per heavy atom. The van der Waals surface area contributed by atoms with Crippen LogP contribution in [0.5, 0.6) is 0 Å². The van der Waals surface area contributed by atoms with Gasteiger partial charge >= 0.3 is 0 Å². The van der Waals surface area contributed by atoms with Crippen LogP contribution in [0.4, 0.5) is 5.69 Å². The summed E-state index contributed by atoms with van der Waals surface area (Å²) in [6.45, 7) is 0.550. The summed E-state index contributed by atoms with van der Waals surface area (Å²) in [6.07, 6.45) is 4.86. The van der Waals surface area contributed by atoms with Crippen molar-refractivity contribution in [1.29, 1.82) is 0 Å². The number of nitrogens with two attached hydrogens (primary N) is 2. The van der Waals surface area contributed by atoms with Crippen LogP contribution in [0, 0.1) is 0 Å². The van der Waals surface area contributed by atoms with E-state index in [9.17, 15) is 4.79 Å². The van der Waals surface area contributed by atoms with Crippen molar-refractivity contribution in [3.63, 3.8) is 0 Å². The van der Waals surface area contributed by atoms with E-state index in [0.29, 0.717) is 25.1 Å². The van der Waals surface area contributed by atoms with Gasteiger partial charge in [-0.3, -0.25) is 9.78 Å². The predicted molar refractivity (Wildman–Crippen MR) is 55.6 cm³/mol. The van der Waals surface area contributed by atoms with Gasteiger partial charge in [0.1, 0.15) is 5.78 Å². The Hall–Kier alpha value is -1.42. The van der Waals surface area contributed by atoms with Crippen LogP contribution in [0.2, 0.25) is 0 Å². The minimum atomic E-state index is 0.162. The van der Waals surface area contributed by atoms with Crippen molar-refractivity contribution < 1.29 is 4.79 Å². The number of hydrogen-bond donors (Lipinski definition) is 2. The Morgan fingerprint density at radius 3 is 2.93 bits per heavy atom. The second kappa shape index (κ2) is 5.34. The Balaban J connectivity index is 2.52. The summed E-state index contributed by atoms with van der Waals surface area (Å²) in [5, 5.41) is 0. The van der Waals surface area contributed by atoms with E-state index >= 15 is 0 Å². The first-order valence-corrected chi connectivity index (χ1v) is 4.64. The van der Waals surface area contributed by atoms with E-state index in [4.69, 9.17) is 11.5 Å². The van der Waals surface area contributed by atoms with Crippen molar-refractivity contribution in [2.75, 3.05) is 12.3 Å². The average Bonchev–Trinajstić information content (AvgIpc) is 2.18. The van der Waals surface area contributed by atoms with E-state index in [1.807, 2.05) is 0 Å². The molecule has 0 bridgehead atoms. The average molecular weight is 193 g/mol. The van der Waals surface area contributed by atoms with Gasteiger partial charge in [-0.15, -0.1) is 0 Å². The quantitative estimate of drug-likeness (QED) is 0.714. The van der Waals surface area contributed by atoms with Gasteiger partial charge in [0.2, 0.25) is 0 Å². The van der Waals surface area contributed by atoms with Gasteiger partial charge in [0.15, 0.2) is 0 Å². The molecule has 1 rings (SSSR count). The highest BCUT2D eigenvalue weighted by atomic mass is 16.1. The van der Waals surface area contributed by atoms with Crippen molar-refractivity contribution in [3.8, 4) is 0 Å². The SMILES string of the molecule is NCCCC(=O)Cc1cnccc1N. The van der Waals surface area contributed by atoms with Crippen LogP contribution in [0.3, 0.4) is 0 Å². The summed E-state index contributed by atoms with van der Waals surface area (Å²) in [6, 6.07) is 1.70. The van der Waals surface area contributed by atoms with Gasteiger partial charge in [0.25, 0.3) is 0 Å². The minimum Gasteiger partial charge on any atom is -0.398 e.